The molecular weight excluding hydrogens is 543 g/mol. The molecule has 0 saturated carbocycles. The number of anilines is 1. The van der Waals surface area contributed by atoms with Crippen LogP contribution in [0.5, 0.6) is 17.2 Å². The number of amides is 1. The molecule has 1 amide bonds. The molecule has 8 heteroatoms. The zero-order valence-corrected chi connectivity index (χ0v) is 24.2. The van der Waals surface area contributed by atoms with E-state index in [2.05, 4.69) is 16.5 Å². The Hall–Kier alpha value is -4.95. The highest BCUT2D eigenvalue weighted by Gasteiger charge is 2.28. The predicted molar refractivity (Wildman–Crippen MR) is 167 cm³/mol. The number of halogens is 1. The summed E-state index contributed by atoms with van der Waals surface area (Å²) in [6.07, 6.45) is 8.42. The lowest BCUT2D eigenvalue weighted by atomic mass is 10.2. The van der Waals surface area contributed by atoms with Crippen LogP contribution in [0.3, 0.4) is 0 Å². The van der Waals surface area contributed by atoms with Gasteiger partial charge in [0.15, 0.2) is 17.2 Å². The number of benzene rings is 3. The molecule has 0 bridgehead atoms. The highest BCUT2D eigenvalue weighted by Crippen LogP contribution is 2.37. The van der Waals surface area contributed by atoms with Crippen molar-refractivity contribution in [3.05, 3.63) is 139 Å². The number of carbonyl (C=O) groups excluding carboxylic acids is 1. The molecule has 1 aliphatic heterocycles. The quantitative estimate of drug-likeness (QED) is 0.168. The van der Waals surface area contributed by atoms with Crippen molar-refractivity contribution in [1.82, 2.24) is 14.5 Å². The normalized spacial score (nSPS) is 14.6. The van der Waals surface area contributed by atoms with Crippen molar-refractivity contribution < 1.29 is 18.7 Å². The molecule has 4 aromatic rings. The highest BCUT2D eigenvalue weighted by atomic mass is 19.1. The van der Waals surface area contributed by atoms with Crippen molar-refractivity contribution in [3.8, 4) is 17.2 Å². The van der Waals surface area contributed by atoms with Crippen molar-refractivity contribution in [2.75, 3.05) is 24.5 Å². The molecule has 1 saturated heterocycles. The lowest BCUT2D eigenvalue weighted by Crippen LogP contribution is -2.50. The fourth-order valence-electron chi connectivity index (χ4n) is 4.99. The number of rotatable bonds is 12. The van der Waals surface area contributed by atoms with E-state index in [9.17, 15) is 9.18 Å². The first-order chi connectivity index (χ1) is 21.0. The lowest BCUT2D eigenvalue weighted by molar-refractivity contribution is -0.121. The van der Waals surface area contributed by atoms with Gasteiger partial charge in [-0.3, -0.25) is 9.69 Å². The standard InChI is InChI=1S/C35H35FN4O3/c1-3-11-29(20-27(2)36)22-39-26-37-21-30(39)23-38-18-19-40(35(41)24-38)31-14-7-8-15-32(31)43-34-17-10-9-16-33(34)42-25-28-12-5-4-6-13-28/h3-17,20-21,26H,1,18-19,22-25H2,2H3/b27-20+,29-11+. The van der Waals surface area contributed by atoms with E-state index in [-0.39, 0.29) is 18.3 Å². The van der Waals surface area contributed by atoms with Crippen LogP contribution in [-0.2, 0) is 24.5 Å². The van der Waals surface area contributed by atoms with Gasteiger partial charge < -0.3 is 18.9 Å². The maximum atomic E-state index is 13.6. The summed E-state index contributed by atoms with van der Waals surface area (Å²) < 4.78 is 28.0. The van der Waals surface area contributed by atoms with E-state index in [0.29, 0.717) is 55.7 Å². The monoisotopic (exact) mass is 578 g/mol. The number of para-hydroxylation sites is 4. The molecule has 1 aromatic heterocycles. The number of carbonyl (C=O) groups is 1. The summed E-state index contributed by atoms with van der Waals surface area (Å²) in [4.78, 5) is 21.6. The van der Waals surface area contributed by atoms with Crippen LogP contribution < -0.4 is 14.4 Å². The van der Waals surface area contributed by atoms with Crippen molar-refractivity contribution in [3.63, 3.8) is 0 Å². The Labute approximate surface area is 251 Å². The van der Waals surface area contributed by atoms with Gasteiger partial charge in [0.05, 0.1) is 30.1 Å². The molecule has 5 rings (SSSR count). The van der Waals surface area contributed by atoms with Crippen LogP contribution >= 0.6 is 0 Å². The summed E-state index contributed by atoms with van der Waals surface area (Å²) in [5, 5.41) is 0. The summed E-state index contributed by atoms with van der Waals surface area (Å²) in [6.45, 7) is 7.98. The minimum absolute atomic E-state index is 0.0230. The first-order valence-electron chi connectivity index (χ1n) is 14.2. The Balaban J connectivity index is 1.25. The number of imidazole rings is 1. The summed E-state index contributed by atoms with van der Waals surface area (Å²) in [7, 11) is 0. The number of nitrogens with zero attached hydrogens (tertiary/aromatic N) is 4. The SMILES string of the molecule is C=C/C=C(\C=C(/C)F)Cn1cncc1CN1CCN(c2ccccc2Oc2ccccc2OCc2ccccc2)C(=O)C1. The third-order valence-corrected chi connectivity index (χ3v) is 7.02. The number of piperazine rings is 1. The molecule has 0 unspecified atom stereocenters. The predicted octanol–water partition coefficient (Wildman–Crippen LogP) is 7.09. The van der Waals surface area contributed by atoms with Gasteiger partial charge in [-0.15, -0.1) is 0 Å². The summed E-state index contributed by atoms with van der Waals surface area (Å²) >= 11 is 0. The van der Waals surface area contributed by atoms with E-state index in [0.717, 1.165) is 16.8 Å². The molecule has 1 aliphatic rings. The van der Waals surface area contributed by atoms with Crippen molar-refractivity contribution in [2.45, 2.75) is 26.6 Å². The third-order valence-electron chi connectivity index (χ3n) is 7.02. The minimum Gasteiger partial charge on any atom is -0.485 e. The fraction of sp³-hybridized carbons (Fsp3) is 0.200. The Bertz CT molecular complexity index is 1610. The first kappa shape index (κ1) is 29.5. The number of hydrogen-bond donors (Lipinski definition) is 0. The third kappa shape index (κ3) is 7.87. The first-order valence-corrected chi connectivity index (χ1v) is 14.2. The number of aromatic nitrogens is 2. The second-order valence-electron chi connectivity index (χ2n) is 10.3. The molecule has 0 N–H and O–H groups in total. The average Bonchev–Trinajstić information content (AvgIpc) is 3.43. The van der Waals surface area contributed by atoms with E-state index in [1.165, 1.54) is 13.0 Å². The van der Waals surface area contributed by atoms with Crippen LogP contribution in [0.25, 0.3) is 0 Å². The van der Waals surface area contributed by atoms with Gasteiger partial charge in [-0.2, -0.15) is 0 Å². The molecule has 0 atom stereocenters. The van der Waals surface area contributed by atoms with Gasteiger partial charge in [0.25, 0.3) is 0 Å². The Morgan fingerprint density at radius 3 is 2.44 bits per heavy atom. The molecular formula is C35H35FN4O3. The maximum absolute atomic E-state index is 13.6. The van der Waals surface area contributed by atoms with Crippen LogP contribution in [0.1, 0.15) is 18.2 Å². The van der Waals surface area contributed by atoms with Gasteiger partial charge in [0.1, 0.15) is 6.61 Å². The number of ether oxygens (including phenoxy) is 2. The molecule has 7 nitrogen and oxygen atoms in total. The molecule has 0 aliphatic carbocycles. The summed E-state index contributed by atoms with van der Waals surface area (Å²) in [6, 6.07) is 25.1. The van der Waals surface area contributed by atoms with Gasteiger partial charge in [-0.1, -0.05) is 73.3 Å². The second kappa shape index (κ2) is 14.3. The van der Waals surface area contributed by atoms with Crippen molar-refractivity contribution in [2.24, 2.45) is 0 Å². The molecule has 0 spiro atoms. The topological polar surface area (TPSA) is 59.8 Å². The van der Waals surface area contributed by atoms with Gasteiger partial charge >= 0.3 is 0 Å². The van der Waals surface area contributed by atoms with E-state index in [1.54, 1.807) is 29.6 Å². The average molecular weight is 579 g/mol. The lowest BCUT2D eigenvalue weighted by Gasteiger charge is -2.35. The zero-order chi connectivity index (χ0) is 30.0. The summed E-state index contributed by atoms with van der Waals surface area (Å²) in [5.41, 5.74) is 3.49. The summed E-state index contributed by atoms with van der Waals surface area (Å²) in [5.74, 6) is 1.48. The number of hydrogen-bond acceptors (Lipinski definition) is 5. The highest BCUT2D eigenvalue weighted by molar-refractivity contribution is 5.97. The Morgan fingerprint density at radius 1 is 0.977 bits per heavy atom. The molecule has 220 valence electrons. The molecule has 0 radical (unpaired) electrons. The zero-order valence-electron chi connectivity index (χ0n) is 24.2. The fourth-order valence-corrected chi connectivity index (χ4v) is 4.99. The second-order valence-corrected chi connectivity index (χ2v) is 10.3. The largest absolute Gasteiger partial charge is 0.485 e. The molecule has 43 heavy (non-hydrogen) atoms. The number of allylic oxidation sites excluding steroid dienone is 5. The van der Waals surface area contributed by atoms with E-state index >= 15 is 0 Å². The Morgan fingerprint density at radius 2 is 1.70 bits per heavy atom. The van der Waals surface area contributed by atoms with Crippen molar-refractivity contribution >= 4 is 11.6 Å². The molecule has 1 fully saturated rings. The van der Waals surface area contributed by atoms with Crippen LogP contribution in [0.4, 0.5) is 10.1 Å². The van der Waals surface area contributed by atoms with E-state index in [4.69, 9.17) is 9.47 Å². The van der Waals surface area contributed by atoms with Crippen molar-refractivity contribution in [1.29, 1.82) is 0 Å². The van der Waals surface area contributed by atoms with Gasteiger partial charge in [0.2, 0.25) is 5.91 Å². The van der Waals surface area contributed by atoms with E-state index in [1.807, 2.05) is 83.4 Å². The van der Waals surface area contributed by atoms with Crippen LogP contribution in [0, 0.1) is 0 Å². The van der Waals surface area contributed by atoms with Gasteiger partial charge in [0, 0.05) is 32.4 Å². The van der Waals surface area contributed by atoms with Gasteiger partial charge in [-0.05, 0) is 48.4 Å². The van der Waals surface area contributed by atoms with Crippen LogP contribution in [0.2, 0.25) is 0 Å². The minimum atomic E-state index is -0.274. The smallest absolute Gasteiger partial charge is 0.241 e. The molecule has 2 heterocycles. The van der Waals surface area contributed by atoms with Gasteiger partial charge in [-0.25, -0.2) is 9.37 Å². The maximum Gasteiger partial charge on any atom is 0.241 e. The Kier molecular flexibility index (Phi) is 9.82. The van der Waals surface area contributed by atoms with Crippen LogP contribution in [0.15, 0.2) is 128 Å². The van der Waals surface area contributed by atoms with Crippen LogP contribution in [-0.4, -0.2) is 40.0 Å². The molecule has 3 aromatic carbocycles. The van der Waals surface area contributed by atoms with E-state index < -0.39 is 0 Å².